The van der Waals surface area contributed by atoms with E-state index in [0.717, 1.165) is 10.0 Å². The van der Waals surface area contributed by atoms with Gasteiger partial charge in [-0.3, -0.25) is 0 Å². The maximum absolute atomic E-state index is 12.6. The smallest absolute Gasteiger partial charge is 0.430 e. The van der Waals surface area contributed by atoms with E-state index in [4.69, 9.17) is 14.2 Å². The fourth-order valence-electron chi connectivity index (χ4n) is 2.01. The fourth-order valence-corrected chi connectivity index (χ4v) is 2.01. The molecular weight excluding hydrogens is 328 g/mol. The normalized spacial score (nSPS) is 18.0. The lowest BCUT2D eigenvalue weighted by Crippen LogP contribution is -2.60. The van der Waals surface area contributed by atoms with Crippen molar-refractivity contribution in [2.24, 2.45) is 0 Å². The number of carbonyl (C=O) groups excluding carboxylic acids is 3. The van der Waals surface area contributed by atoms with Gasteiger partial charge in [0.15, 0.2) is 6.04 Å². The largest absolute Gasteiger partial charge is 0.464 e. The Morgan fingerprint density at radius 2 is 1.52 bits per heavy atom. The summed E-state index contributed by atoms with van der Waals surface area (Å²) in [7, 11) is 0. The first-order chi connectivity index (χ1) is 11.4. The molecular formula is C17H28N2O6. The van der Waals surface area contributed by atoms with Crippen LogP contribution in [0, 0.1) is 0 Å². The second-order valence-electron chi connectivity index (χ2n) is 7.51. The Hall–Kier alpha value is -2.25. The second-order valence-corrected chi connectivity index (χ2v) is 7.51. The van der Waals surface area contributed by atoms with Crippen molar-refractivity contribution < 1.29 is 28.6 Å². The standard InChI is InChI=1S/C17H28N2O6/c1-8-23-13(20)12-10-9-11-18(14(21)24-16(2,3)4)19(12)15(22)25-17(5,6)7/h9-10,12H,8,11H2,1-7H3. The van der Waals surface area contributed by atoms with Crippen LogP contribution >= 0.6 is 0 Å². The van der Waals surface area contributed by atoms with Gasteiger partial charge in [-0.1, -0.05) is 12.2 Å². The van der Waals surface area contributed by atoms with Crippen molar-refractivity contribution in [3.8, 4) is 0 Å². The summed E-state index contributed by atoms with van der Waals surface area (Å²) in [6.07, 6.45) is 1.52. The number of carbonyl (C=O) groups is 3. The molecule has 0 aromatic heterocycles. The molecule has 1 atom stereocenters. The van der Waals surface area contributed by atoms with Crippen molar-refractivity contribution in [2.75, 3.05) is 13.2 Å². The first-order valence-corrected chi connectivity index (χ1v) is 8.21. The minimum Gasteiger partial charge on any atom is -0.464 e. The molecule has 8 heteroatoms. The lowest BCUT2D eigenvalue weighted by Gasteiger charge is -2.40. The summed E-state index contributed by atoms with van der Waals surface area (Å²) in [5.74, 6) is -0.655. The molecule has 1 heterocycles. The Labute approximate surface area is 148 Å². The molecule has 1 aliphatic rings. The fraction of sp³-hybridized carbons (Fsp3) is 0.706. The molecule has 0 spiro atoms. The Morgan fingerprint density at radius 3 is 2.00 bits per heavy atom. The molecule has 0 saturated heterocycles. The molecule has 0 aromatic carbocycles. The number of esters is 1. The maximum atomic E-state index is 12.6. The highest BCUT2D eigenvalue weighted by Gasteiger charge is 2.42. The van der Waals surface area contributed by atoms with E-state index in [1.165, 1.54) is 6.08 Å². The predicted molar refractivity (Wildman–Crippen MR) is 90.6 cm³/mol. The monoisotopic (exact) mass is 356 g/mol. The van der Waals surface area contributed by atoms with Gasteiger partial charge in [0, 0.05) is 0 Å². The number of nitrogens with zero attached hydrogens (tertiary/aromatic N) is 2. The number of rotatable bonds is 2. The van der Waals surface area contributed by atoms with E-state index in [1.807, 2.05) is 0 Å². The molecule has 0 bridgehead atoms. The highest BCUT2D eigenvalue weighted by atomic mass is 16.6. The quantitative estimate of drug-likeness (QED) is 0.430. The molecule has 25 heavy (non-hydrogen) atoms. The third-order valence-electron chi connectivity index (χ3n) is 2.83. The van der Waals surface area contributed by atoms with Crippen molar-refractivity contribution in [1.29, 1.82) is 0 Å². The highest BCUT2D eigenvalue weighted by Crippen LogP contribution is 2.21. The Bertz CT molecular complexity index is 544. The van der Waals surface area contributed by atoms with Crippen molar-refractivity contribution in [1.82, 2.24) is 10.0 Å². The van der Waals surface area contributed by atoms with Crippen LogP contribution in [0.1, 0.15) is 48.5 Å². The molecule has 0 aliphatic carbocycles. The SMILES string of the molecule is CCOC(=O)C1C=CCN(C(=O)OC(C)(C)C)N1C(=O)OC(C)(C)C. The maximum Gasteiger partial charge on any atom is 0.430 e. The minimum absolute atomic E-state index is 0.0735. The molecule has 0 N–H and O–H groups in total. The summed E-state index contributed by atoms with van der Waals surface area (Å²) >= 11 is 0. The van der Waals surface area contributed by atoms with E-state index in [1.54, 1.807) is 54.5 Å². The van der Waals surface area contributed by atoms with Crippen LogP contribution in [0.15, 0.2) is 12.2 Å². The van der Waals surface area contributed by atoms with Gasteiger partial charge in [0.05, 0.1) is 13.2 Å². The summed E-state index contributed by atoms with van der Waals surface area (Å²) in [6, 6.07) is -1.10. The third-order valence-corrected chi connectivity index (χ3v) is 2.83. The number of hydrazine groups is 1. The number of hydrogen-bond acceptors (Lipinski definition) is 6. The van der Waals surface area contributed by atoms with Crippen molar-refractivity contribution in [3.05, 3.63) is 12.2 Å². The molecule has 1 aliphatic heterocycles. The summed E-state index contributed by atoms with van der Waals surface area (Å²) in [5, 5.41) is 1.98. The van der Waals surface area contributed by atoms with E-state index in [9.17, 15) is 14.4 Å². The number of ether oxygens (including phenoxy) is 3. The van der Waals surface area contributed by atoms with Gasteiger partial charge in [0.2, 0.25) is 0 Å². The Kier molecular flexibility index (Phi) is 6.45. The summed E-state index contributed by atoms with van der Waals surface area (Å²) in [5.41, 5.74) is -1.55. The van der Waals surface area contributed by atoms with Crippen LogP contribution in [0.5, 0.6) is 0 Å². The second kappa shape index (κ2) is 7.76. The van der Waals surface area contributed by atoms with Gasteiger partial charge in [-0.05, 0) is 48.5 Å². The summed E-state index contributed by atoms with van der Waals surface area (Å²) in [6.45, 7) is 12.1. The molecule has 1 rings (SSSR count). The third kappa shape index (κ3) is 6.28. The van der Waals surface area contributed by atoms with Gasteiger partial charge in [0.25, 0.3) is 0 Å². The van der Waals surface area contributed by atoms with Gasteiger partial charge in [-0.2, -0.15) is 5.01 Å². The van der Waals surface area contributed by atoms with Crippen LogP contribution in [0.2, 0.25) is 0 Å². The van der Waals surface area contributed by atoms with Crippen LogP contribution in [0.3, 0.4) is 0 Å². The minimum atomic E-state index is -1.10. The molecule has 0 fully saturated rings. The molecule has 0 aromatic rings. The van der Waals surface area contributed by atoms with Crippen molar-refractivity contribution >= 4 is 18.2 Å². The van der Waals surface area contributed by atoms with E-state index in [0.29, 0.717) is 0 Å². The van der Waals surface area contributed by atoms with E-state index >= 15 is 0 Å². The zero-order valence-corrected chi connectivity index (χ0v) is 16.0. The molecule has 2 amide bonds. The lowest BCUT2D eigenvalue weighted by molar-refractivity contribution is -0.154. The Morgan fingerprint density at radius 1 is 1.00 bits per heavy atom. The van der Waals surface area contributed by atoms with E-state index in [2.05, 4.69) is 0 Å². The Balaban J connectivity index is 3.16. The summed E-state index contributed by atoms with van der Waals surface area (Å²) < 4.78 is 15.7. The average Bonchev–Trinajstić information content (AvgIpc) is 2.43. The molecule has 0 saturated carbocycles. The van der Waals surface area contributed by atoms with Crippen molar-refractivity contribution in [3.63, 3.8) is 0 Å². The highest BCUT2D eigenvalue weighted by molar-refractivity contribution is 5.85. The van der Waals surface area contributed by atoms with E-state index in [-0.39, 0.29) is 13.2 Å². The molecule has 1 unspecified atom stereocenters. The van der Waals surface area contributed by atoms with Gasteiger partial charge >= 0.3 is 18.2 Å². The zero-order valence-electron chi connectivity index (χ0n) is 16.0. The first-order valence-electron chi connectivity index (χ1n) is 8.21. The van der Waals surface area contributed by atoms with E-state index < -0.39 is 35.4 Å². The van der Waals surface area contributed by atoms with Gasteiger partial charge in [-0.15, -0.1) is 0 Å². The van der Waals surface area contributed by atoms with Crippen LogP contribution in [-0.4, -0.2) is 58.6 Å². The molecule has 142 valence electrons. The summed E-state index contributed by atoms with van der Waals surface area (Å²) in [4.78, 5) is 37.3. The number of hydrogen-bond donors (Lipinski definition) is 0. The topological polar surface area (TPSA) is 85.4 Å². The first kappa shape index (κ1) is 20.8. The predicted octanol–water partition coefficient (Wildman–Crippen LogP) is 2.88. The van der Waals surface area contributed by atoms with Crippen LogP contribution in [0.25, 0.3) is 0 Å². The van der Waals surface area contributed by atoms with Crippen LogP contribution < -0.4 is 0 Å². The van der Waals surface area contributed by atoms with Gasteiger partial charge < -0.3 is 14.2 Å². The van der Waals surface area contributed by atoms with Crippen molar-refractivity contribution in [2.45, 2.75) is 65.7 Å². The van der Waals surface area contributed by atoms with Gasteiger partial charge in [0.1, 0.15) is 11.2 Å². The van der Waals surface area contributed by atoms with Crippen LogP contribution in [-0.2, 0) is 19.0 Å². The number of amides is 2. The van der Waals surface area contributed by atoms with Crippen LogP contribution in [0.4, 0.5) is 9.59 Å². The molecule has 8 nitrogen and oxygen atoms in total. The lowest BCUT2D eigenvalue weighted by atomic mass is 10.2. The zero-order chi connectivity index (χ0) is 19.4. The van der Waals surface area contributed by atoms with Gasteiger partial charge in [-0.25, -0.2) is 19.4 Å². The molecule has 0 radical (unpaired) electrons. The average molecular weight is 356 g/mol.